The molecule has 98 valence electrons. The molecule has 0 aromatic carbocycles. The summed E-state index contributed by atoms with van der Waals surface area (Å²) in [5.74, 6) is -0.538. The molecule has 0 spiro atoms. The molecule has 4 N–H and O–H groups in total. The Labute approximate surface area is 105 Å². The van der Waals surface area contributed by atoms with Gasteiger partial charge in [0, 0.05) is 19.3 Å². The first-order chi connectivity index (χ1) is 8.50. The average molecular weight is 251 g/mol. The van der Waals surface area contributed by atoms with Crippen molar-refractivity contribution >= 4 is 17.5 Å². The largest absolute Gasteiger partial charge is 0.478 e. The van der Waals surface area contributed by atoms with Crippen LogP contribution in [0, 0.1) is 0 Å². The maximum absolute atomic E-state index is 10.7. The van der Waals surface area contributed by atoms with Crippen LogP contribution >= 0.6 is 0 Å². The SMILES string of the molecule is CC1(CNc2ncc(C(=O)O)cc2N)CCCO1. The molecule has 6 nitrogen and oxygen atoms in total. The maximum atomic E-state index is 10.7. The van der Waals surface area contributed by atoms with Gasteiger partial charge in [0.2, 0.25) is 0 Å². The van der Waals surface area contributed by atoms with Crippen LogP contribution in [0.4, 0.5) is 11.5 Å². The van der Waals surface area contributed by atoms with E-state index in [-0.39, 0.29) is 11.2 Å². The van der Waals surface area contributed by atoms with Crippen molar-refractivity contribution in [1.29, 1.82) is 0 Å². The summed E-state index contributed by atoms with van der Waals surface area (Å²) in [6.45, 7) is 3.42. The van der Waals surface area contributed by atoms with E-state index >= 15 is 0 Å². The van der Waals surface area contributed by atoms with Crippen LogP contribution in [0.3, 0.4) is 0 Å². The summed E-state index contributed by atoms with van der Waals surface area (Å²) >= 11 is 0. The number of nitrogens with one attached hydrogen (secondary N) is 1. The summed E-state index contributed by atoms with van der Waals surface area (Å²) in [5, 5.41) is 11.9. The molecule has 1 unspecified atom stereocenters. The zero-order chi connectivity index (χ0) is 13.2. The van der Waals surface area contributed by atoms with Gasteiger partial charge in [0.05, 0.1) is 16.9 Å². The zero-order valence-corrected chi connectivity index (χ0v) is 10.3. The lowest BCUT2D eigenvalue weighted by Crippen LogP contribution is -2.33. The van der Waals surface area contributed by atoms with Crippen molar-refractivity contribution < 1.29 is 14.6 Å². The molecule has 1 aromatic rings. The van der Waals surface area contributed by atoms with Gasteiger partial charge in [0.15, 0.2) is 0 Å². The number of pyridine rings is 1. The van der Waals surface area contributed by atoms with Crippen molar-refractivity contribution in [2.45, 2.75) is 25.4 Å². The number of carbonyl (C=O) groups is 1. The lowest BCUT2D eigenvalue weighted by atomic mass is 10.0. The van der Waals surface area contributed by atoms with Crippen molar-refractivity contribution in [3.63, 3.8) is 0 Å². The molecule has 0 aliphatic carbocycles. The molecule has 1 aliphatic rings. The number of aromatic nitrogens is 1. The van der Waals surface area contributed by atoms with Crippen molar-refractivity contribution in [2.24, 2.45) is 0 Å². The molecule has 1 aliphatic heterocycles. The first kappa shape index (κ1) is 12.6. The summed E-state index contributed by atoms with van der Waals surface area (Å²) in [6, 6.07) is 1.40. The smallest absolute Gasteiger partial charge is 0.337 e. The third-order valence-electron chi connectivity index (χ3n) is 3.09. The molecule has 1 atom stereocenters. The van der Waals surface area contributed by atoms with Crippen molar-refractivity contribution in [3.8, 4) is 0 Å². The Kier molecular flexibility index (Phi) is 3.38. The Balaban J connectivity index is 2.03. The molecule has 0 amide bonds. The van der Waals surface area contributed by atoms with Crippen LogP contribution in [0.5, 0.6) is 0 Å². The number of ether oxygens (including phenoxy) is 1. The number of carboxylic acid groups (broad SMARTS) is 1. The van der Waals surface area contributed by atoms with E-state index in [2.05, 4.69) is 10.3 Å². The van der Waals surface area contributed by atoms with E-state index in [0.29, 0.717) is 18.1 Å². The highest BCUT2D eigenvalue weighted by molar-refractivity contribution is 5.89. The minimum absolute atomic E-state index is 0.0846. The number of aromatic carboxylic acids is 1. The zero-order valence-electron chi connectivity index (χ0n) is 10.3. The fourth-order valence-electron chi connectivity index (χ4n) is 1.99. The van der Waals surface area contributed by atoms with E-state index in [4.69, 9.17) is 15.6 Å². The van der Waals surface area contributed by atoms with Crippen molar-refractivity contribution in [2.75, 3.05) is 24.2 Å². The van der Waals surface area contributed by atoms with E-state index in [1.165, 1.54) is 12.3 Å². The van der Waals surface area contributed by atoms with Crippen LogP contribution < -0.4 is 11.1 Å². The summed E-state index contributed by atoms with van der Waals surface area (Å²) in [6.07, 6.45) is 3.34. The van der Waals surface area contributed by atoms with Crippen LogP contribution in [-0.4, -0.2) is 34.8 Å². The third kappa shape index (κ3) is 2.70. The Hall–Kier alpha value is -1.82. The number of nitrogen functional groups attached to an aromatic ring is 1. The molecule has 1 fully saturated rings. The quantitative estimate of drug-likeness (QED) is 0.747. The van der Waals surface area contributed by atoms with Gasteiger partial charge in [-0.15, -0.1) is 0 Å². The number of nitrogens with two attached hydrogens (primary N) is 1. The Morgan fingerprint density at radius 2 is 2.50 bits per heavy atom. The number of anilines is 2. The van der Waals surface area contributed by atoms with E-state index < -0.39 is 5.97 Å². The second-order valence-electron chi connectivity index (χ2n) is 4.72. The van der Waals surface area contributed by atoms with Gasteiger partial charge < -0.3 is 20.9 Å². The van der Waals surface area contributed by atoms with Crippen LogP contribution in [-0.2, 0) is 4.74 Å². The average Bonchev–Trinajstić information content (AvgIpc) is 2.75. The first-order valence-corrected chi connectivity index (χ1v) is 5.87. The normalized spacial score (nSPS) is 22.9. The van der Waals surface area contributed by atoms with Gasteiger partial charge in [-0.2, -0.15) is 0 Å². The second-order valence-corrected chi connectivity index (χ2v) is 4.72. The van der Waals surface area contributed by atoms with Gasteiger partial charge >= 0.3 is 5.97 Å². The summed E-state index contributed by atoms with van der Waals surface area (Å²) < 4.78 is 5.64. The summed E-state index contributed by atoms with van der Waals surface area (Å²) in [7, 11) is 0. The van der Waals surface area contributed by atoms with Gasteiger partial charge in [-0.05, 0) is 25.8 Å². The third-order valence-corrected chi connectivity index (χ3v) is 3.09. The number of nitrogens with zero attached hydrogens (tertiary/aromatic N) is 1. The van der Waals surface area contributed by atoms with Gasteiger partial charge in [0.25, 0.3) is 0 Å². The lowest BCUT2D eigenvalue weighted by molar-refractivity contribution is 0.0315. The molecule has 1 saturated heterocycles. The van der Waals surface area contributed by atoms with Gasteiger partial charge in [0.1, 0.15) is 5.82 Å². The second kappa shape index (κ2) is 4.81. The predicted molar refractivity (Wildman–Crippen MR) is 67.7 cm³/mol. The molecule has 0 bridgehead atoms. The van der Waals surface area contributed by atoms with Crippen molar-refractivity contribution in [1.82, 2.24) is 4.98 Å². The van der Waals surface area contributed by atoms with E-state index in [9.17, 15) is 4.79 Å². The topological polar surface area (TPSA) is 97.5 Å². The predicted octanol–water partition coefficient (Wildman–Crippen LogP) is 1.34. The van der Waals surface area contributed by atoms with Crippen LogP contribution in [0.15, 0.2) is 12.3 Å². The van der Waals surface area contributed by atoms with Gasteiger partial charge in [-0.1, -0.05) is 0 Å². The monoisotopic (exact) mass is 251 g/mol. The molecule has 2 rings (SSSR count). The minimum Gasteiger partial charge on any atom is -0.478 e. The molecule has 6 heteroatoms. The fraction of sp³-hybridized carbons (Fsp3) is 0.500. The molecular formula is C12H17N3O3. The Morgan fingerprint density at radius 1 is 1.72 bits per heavy atom. The Bertz CT molecular complexity index is 456. The van der Waals surface area contributed by atoms with E-state index in [1.807, 2.05) is 6.92 Å². The highest BCUT2D eigenvalue weighted by Gasteiger charge is 2.29. The molecule has 2 heterocycles. The summed E-state index contributed by atoms with van der Waals surface area (Å²) in [5.41, 5.74) is 5.98. The summed E-state index contributed by atoms with van der Waals surface area (Å²) in [4.78, 5) is 14.8. The van der Waals surface area contributed by atoms with Crippen LogP contribution in [0.2, 0.25) is 0 Å². The highest BCUT2D eigenvalue weighted by Crippen LogP contribution is 2.26. The van der Waals surface area contributed by atoms with Crippen LogP contribution in [0.1, 0.15) is 30.1 Å². The molecule has 1 aromatic heterocycles. The van der Waals surface area contributed by atoms with Crippen molar-refractivity contribution in [3.05, 3.63) is 17.8 Å². The molecular weight excluding hydrogens is 234 g/mol. The number of hydrogen-bond donors (Lipinski definition) is 3. The first-order valence-electron chi connectivity index (χ1n) is 5.87. The lowest BCUT2D eigenvalue weighted by Gasteiger charge is -2.24. The number of carboxylic acids is 1. The molecule has 0 saturated carbocycles. The Morgan fingerprint density at radius 3 is 3.06 bits per heavy atom. The van der Waals surface area contributed by atoms with E-state index in [1.54, 1.807) is 0 Å². The number of rotatable bonds is 4. The highest BCUT2D eigenvalue weighted by atomic mass is 16.5. The number of hydrogen-bond acceptors (Lipinski definition) is 5. The minimum atomic E-state index is -1.04. The van der Waals surface area contributed by atoms with Gasteiger partial charge in [-0.3, -0.25) is 0 Å². The maximum Gasteiger partial charge on any atom is 0.337 e. The van der Waals surface area contributed by atoms with Crippen LogP contribution in [0.25, 0.3) is 0 Å². The molecule has 0 radical (unpaired) electrons. The fourth-order valence-corrected chi connectivity index (χ4v) is 1.99. The standard InChI is InChI=1S/C12H17N3O3/c1-12(3-2-4-18-12)7-15-10-9(13)5-8(6-14-10)11(16)17/h5-6H,2-4,7,13H2,1H3,(H,14,15)(H,16,17). The molecule has 18 heavy (non-hydrogen) atoms. The van der Waals surface area contributed by atoms with Gasteiger partial charge in [-0.25, -0.2) is 9.78 Å². The van der Waals surface area contributed by atoms with E-state index in [0.717, 1.165) is 19.4 Å².